The minimum atomic E-state index is -3.50. The van der Waals surface area contributed by atoms with Crippen molar-refractivity contribution in [1.82, 2.24) is 24.3 Å². The lowest BCUT2D eigenvalue weighted by atomic mass is 10.4. The molecule has 2 heterocycles. The van der Waals surface area contributed by atoms with Crippen LogP contribution in [0.3, 0.4) is 0 Å². The van der Waals surface area contributed by atoms with Crippen LogP contribution in [0.5, 0.6) is 0 Å². The first-order valence-electron chi connectivity index (χ1n) is 6.49. The highest BCUT2D eigenvalue weighted by molar-refractivity contribution is 9.10. The molecule has 0 radical (unpaired) electrons. The van der Waals surface area contributed by atoms with Gasteiger partial charge in [0.05, 0.1) is 15.9 Å². The second-order valence-corrected chi connectivity index (χ2v) is 7.42. The Morgan fingerprint density at radius 3 is 2.48 bits per heavy atom. The van der Waals surface area contributed by atoms with E-state index in [0.29, 0.717) is 25.2 Å². The first-order chi connectivity index (χ1) is 9.79. The third-order valence-corrected chi connectivity index (χ3v) is 5.34. The molecule has 2 aromatic rings. The fourth-order valence-corrected chi connectivity index (χ4v) is 3.58. The van der Waals surface area contributed by atoms with E-state index in [2.05, 4.69) is 30.8 Å². The molecule has 21 heavy (non-hydrogen) atoms. The normalized spacial score (nSPS) is 12.0. The summed E-state index contributed by atoms with van der Waals surface area (Å²) in [6.45, 7) is 4.60. The second kappa shape index (κ2) is 6.29. The van der Waals surface area contributed by atoms with Crippen LogP contribution in [-0.4, -0.2) is 34.5 Å². The molecule has 0 bridgehead atoms. The number of halogens is 1. The van der Waals surface area contributed by atoms with Crippen molar-refractivity contribution in [2.24, 2.45) is 7.05 Å². The zero-order valence-corrected chi connectivity index (χ0v) is 14.6. The molecule has 0 fully saturated rings. The Kier molecular flexibility index (Phi) is 4.84. The zero-order chi connectivity index (χ0) is 15.6. The molecule has 116 valence electrons. The quantitative estimate of drug-likeness (QED) is 0.772. The Hall–Kier alpha value is -1.19. The molecule has 0 spiro atoms. The number of hydrogen-bond acceptors (Lipinski definition) is 4. The lowest BCUT2D eigenvalue weighted by Gasteiger charge is -2.05. The van der Waals surface area contributed by atoms with Crippen LogP contribution >= 0.6 is 15.9 Å². The number of rotatable bonds is 6. The Bertz CT molecular complexity index is 715. The van der Waals surface area contributed by atoms with E-state index in [-0.39, 0.29) is 4.90 Å². The van der Waals surface area contributed by atoms with Crippen molar-refractivity contribution < 1.29 is 8.42 Å². The van der Waals surface area contributed by atoms with Crippen molar-refractivity contribution in [2.45, 2.75) is 31.7 Å². The van der Waals surface area contributed by atoms with E-state index in [1.165, 1.54) is 10.9 Å². The minimum absolute atomic E-state index is 0.225. The van der Waals surface area contributed by atoms with Crippen LogP contribution < -0.4 is 4.72 Å². The third kappa shape index (κ3) is 3.92. The predicted molar refractivity (Wildman–Crippen MR) is 82.4 cm³/mol. The van der Waals surface area contributed by atoms with Gasteiger partial charge in [-0.05, 0) is 36.2 Å². The summed E-state index contributed by atoms with van der Waals surface area (Å²) in [5.41, 5.74) is 1.41. The van der Waals surface area contributed by atoms with Gasteiger partial charge in [-0.3, -0.25) is 9.36 Å². The molecule has 2 rings (SSSR count). The maximum atomic E-state index is 12.1. The van der Waals surface area contributed by atoms with Crippen molar-refractivity contribution in [3.8, 4) is 0 Å². The predicted octanol–water partition coefficient (Wildman–Crippen LogP) is 1.36. The topological polar surface area (TPSA) is 81.8 Å². The number of aryl methyl sites for hydroxylation is 4. The molecule has 0 amide bonds. The summed E-state index contributed by atoms with van der Waals surface area (Å²) in [6.07, 6.45) is 4.05. The van der Waals surface area contributed by atoms with Gasteiger partial charge in [-0.15, -0.1) is 0 Å². The average Bonchev–Trinajstić information content (AvgIpc) is 2.89. The fourth-order valence-electron chi connectivity index (χ4n) is 1.98. The van der Waals surface area contributed by atoms with E-state index in [9.17, 15) is 8.42 Å². The van der Waals surface area contributed by atoms with Crippen LogP contribution in [0.4, 0.5) is 0 Å². The van der Waals surface area contributed by atoms with Gasteiger partial charge in [0.1, 0.15) is 4.90 Å². The summed E-state index contributed by atoms with van der Waals surface area (Å²) in [6, 6.07) is 0. The smallest absolute Gasteiger partial charge is 0.243 e. The van der Waals surface area contributed by atoms with Crippen molar-refractivity contribution in [2.75, 3.05) is 6.54 Å². The van der Waals surface area contributed by atoms with Crippen molar-refractivity contribution in [3.05, 3.63) is 28.3 Å². The van der Waals surface area contributed by atoms with E-state index in [0.717, 1.165) is 10.2 Å². The van der Waals surface area contributed by atoms with Crippen molar-refractivity contribution in [1.29, 1.82) is 0 Å². The standard InChI is InChI=1S/C12H18BrN5O2S/c1-9-11(13)7-18(16-9)6-4-5-14-21(19,20)12-8-17(3)15-10(12)2/h7-8,14H,4-6H2,1-3H3. The molecular weight excluding hydrogens is 358 g/mol. The number of aromatic nitrogens is 4. The summed E-state index contributed by atoms with van der Waals surface area (Å²) in [4.78, 5) is 0.225. The fraction of sp³-hybridized carbons (Fsp3) is 0.500. The molecular formula is C12H18BrN5O2S. The van der Waals surface area contributed by atoms with Crippen LogP contribution in [0.25, 0.3) is 0 Å². The molecule has 2 aromatic heterocycles. The van der Waals surface area contributed by atoms with Crippen molar-refractivity contribution >= 4 is 26.0 Å². The number of sulfonamides is 1. The van der Waals surface area contributed by atoms with Crippen LogP contribution in [0.2, 0.25) is 0 Å². The minimum Gasteiger partial charge on any atom is -0.274 e. The monoisotopic (exact) mass is 375 g/mol. The number of hydrogen-bond donors (Lipinski definition) is 1. The van der Waals surface area contributed by atoms with Crippen LogP contribution in [0.15, 0.2) is 21.8 Å². The highest BCUT2D eigenvalue weighted by Crippen LogP contribution is 2.14. The molecule has 9 heteroatoms. The van der Waals surface area contributed by atoms with Crippen LogP contribution in [0.1, 0.15) is 17.8 Å². The molecule has 0 aliphatic heterocycles. The van der Waals surface area contributed by atoms with E-state index in [1.807, 2.05) is 13.1 Å². The Balaban J connectivity index is 1.89. The molecule has 7 nitrogen and oxygen atoms in total. The largest absolute Gasteiger partial charge is 0.274 e. The first-order valence-corrected chi connectivity index (χ1v) is 8.76. The van der Waals surface area contributed by atoms with E-state index < -0.39 is 10.0 Å². The van der Waals surface area contributed by atoms with Gasteiger partial charge in [0.15, 0.2) is 0 Å². The molecule has 0 unspecified atom stereocenters. The Morgan fingerprint density at radius 2 is 1.95 bits per heavy atom. The first kappa shape index (κ1) is 16.2. The van der Waals surface area contributed by atoms with E-state index >= 15 is 0 Å². The van der Waals surface area contributed by atoms with E-state index in [4.69, 9.17) is 0 Å². The maximum Gasteiger partial charge on any atom is 0.243 e. The molecule has 0 saturated carbocycles. The summed E-state index contributed by atoms with van der Waals surface area (Å²) in [7, 11) is -1.80. The highest BCUT2D eigenvalue weighted by atomic mass is 79.9. The van der Waals surface area contributed by atoms with Crippen LogP contribution in [0, 0.1) is 13.8 Å². The highest BCUT2D eigenvalue weighted by Gasteiger charge is 2.18. The molecule has 0 aliphatic rings. The SMILES string of the molecule is Cc1nn(CCCNS(=O)(=O)c2cn(C)nc2C)cc1Br. The molecule has 0 saturated heterocycles. The van der Waals surface area contributed by atoms with Gasteiger partial charge in [0, 0.05) is 32.5 Å². The zero-order valence-electron chi connectivity index (χ0n) is 12.2. The molecule has 0 aromatic carbocycles. The Morgan fingerprint density at radius 1 is 1.24 bits per heavy atom. The van der Waals surface area contributed by atoms with Gasteiger partial charge in [-0.1, -0.05) is 0 Å². The number of nitrogens with zero attached hydrogens (tertiary/aromatic N) is 4. The van der Waals surface area contributed by atoms with Gasteiger partial charge in [-0.2, -0.15) is 10.2 Å². The summed E-state index contributed by atoms with van der Waals surface area (Å²) in [5, 5.41) is 8.34. The summed E-state index contributed by atoms with van der Waals surface area (Å²) < 4.78 is 31.1. The lowest BCUT2D eigenvalue weighted by molar-refractivity contribution is 0.551. The van der Waals surface area contributed by atoms with Gasteiger partial charge >= 0.3 is 0 Å². The average molecular weight is 376 g/mol. The lowest BCUT2D eigenvalue weighted by Crippen LogP contribution is -2.26. The number of nitrogens with one attached hydrogen (secondary N) is 1. The van der Waals surface area contributed by atoms with Gasteiger partial charge in [0.25, 0.3) is 0 Å². The molecule has 0 atom stereocenters. The van der Waals surface area contributed by atoms with Crippen LogP contribution in [-0.2, 0) is 23.6 Å². The van der Waals surface area contributed by atoms with Crippen molar-refractivity contribution in [3.63, 3.8) is 0 Å². The second-order valence-electron chi connectivity index (χ2n) is 4.83. The van der Waals surface area contributed by atoms with E-state index in [1.54, 1.807) is 18.7 Å². The Labute approximate surface area is 132 Å². The summed E-state index contributed by atoms with van der Waals surface area (Å²) >= 11 is 3.39. The summed E-state index contributed by atoms with van der Waals surface area (Å²) in [5.74, 6) is 0. The van der Waals surface area contributed by atoms with Gasteiger partial charge < -0.3 is 0 Å². The molecule has 1 N–H and O–H groups in total. The molecule has 0 aliphatic carbocycles. The van der Waals surface area contributed by atoms with Gasteiger partial charge in [0.2, 0.25) is 10.0 Å². The van der Waals surface area contributed by atoms with Gasteiger partial charge in [-0.25, -0.2) is 13.1 Å². The third-order valence-electron chi connectivity index (χ3n) is 3.00. The maximum absolute atomic E-state index is 12.1.